The summed E-state index contributed by atoms with van der Waals surface area (Å²) in [6.45, 7) is 1.95. The van der Waals surface area contributed by atoms with Gasteiger partial charge in [0.2, 0.25) is 5.78 Å². The average Bonchev–Trinajstić information content (AvgIpc) is 2.17. The number of carbonyl (C=O) groups excluding carboxylic acids is 1. The van der Waals surface area contributed by atoms with Crippen LogP contribution in [0.3, 0.4) is 0 Å². The molecule has 0 heterocycles. The second-order valence-electron chi connectivity index (χ2n) is 2.98. The highest BCUT2D eigenvalue weighted by Crippen LogP contribution is 2.10. The molecule has 0 saturated carbocycles. The Bertz CT molecular complexity index is 294. The predicted octanol–water partition coefficient (Wildman–Crippen LogP) is 1.54. The van der Waals surface area contributed by atoms with Crippen molar-refractivity contribution in [3.05, 3.63) is 34.9 Å². The molecule has 0 unspecified atom stereocenters. The smallest absolute Gasteiger partial charge is 0.219 e. The maximum Gasteiger partial charge on any atom is 0.219 e. The van der Waals surface area contributed by atoms with E-state index < -0.39 is 0 Å². The van der Waals surface area contributed by atoms with Gasteiger partial charge in [0.05, 0.1) is 0 Å². The normalized spacial score (nSPS) is 12.5. The Morgan fingerprint density at radius 3 is 2.46 bits per heavy atom. The molecule has 1 rings (SSSR count). The van der Waals surface area contributed by atoms with Crippen LogP contribution in [0.15, 0.2) is 24.3 Å². The van der Waals surface area contributed by atoms with Gasteiger partial charge in [-0.1, -0.05) is 18.5 Å². The number of hydrogen-bond donors (Lipinski definition) is 1. The van der Waals surface area contributed by atoms with E-state index >= 15 is 0 Å². The van der Waals surface area contributed by atoms with E-state index in [9.17, 15) is 4.79 Å². The first-order valence-electron chi connectivity index (χ1n) is 4.28. The number of Topliss-reactive ketones (excluding diaryl/α,β-unsaturated/α-hetero) is 1. The van der Waals surface area contributed by atoms with Crippen molar-refractivity contribution in [1.82, 2.24) is 0 Å². The minimum atomic E-state index is -0.152. The highest BCUT2D eigenvalue weighted by Gasteiger charge is 2.16. The van der Waals surface area contributed by atoms with E-state index in [2.05, 4.69) is 5.73 Å². The molecule has 0 radical (unpaired) electrons. The van der Waals surface area contributed by atoms with E-state index in [-0.39, 0.29) is 11.8 Å². The van der Waals surface area contributed by atoms with Crippen LogP contribution in [0.25, 0.3) is 0 Å². The van der Waals surface area contributed by atoms with Crippen molar-refractivity contribution >= 4 is 17.4 Å². The van der Waals surface area contributed by atoms with Crippen molar-refractivity contribution in [2.45, 2.75) is 19.4 Å². The van der Waals surface area contributed by atoms with Crippen molar-refractivity contribution in [2.75, 3.05) is 0 Å². The third kappa shape index (κ3) is 2.54. The summed E-state index contributed by atoms with van der Waals surface area (Å²) >= 11 is 5.70. The molecule has 0 amide bonds. The summed E-state index contributed by atoms with van der Waals surface area (Å²) in [5.41, 5.74) is 4.46. The van der Waals surface area contributed by atoms with Crippen LogP contribution in [0.5, 0.6) is 0 Å². The van der Waals surface area contributed by atoms with Gasteiger partial charge < -0.3 is 5.73 Å². The molecule has 0 spiro atoms. The first-order valence-corrected chi connectivity index (χ1v) is 4.65. The summed E-state index contributed by atoms with van der Waals surface area (Å²) in [6.07, 6.45) is 0.765. The predicted molar refractivity (Wildman–Crippen MR) is 52.7 cm³/mol. The Labute approximate surface area is 82.7 Å². The number of halogens is 1. The summed E-state index contributed by atoms with van der Waals surface area (Å²) in [5.74, 6) is 0.0826. The van der Waals surface area contributed by atoms with Gasteiger partial charge in [0.15, 0.2) is 0 Å². The molecule has 1 aromatic rings. The minimum absolute atomic E-state index is 0.0826. The molecule has 13 heavy (non-hydrogen) atoms. The maximum atomic E-state index is 11.6. The number of hydrogen-bond acceptors (Lipinski definition) is 1. The Balaban J connectivity index is 2.83. The largest absolute Gasteiger partial charge is 0.349 e. The molecule has 0 saturated heterocycles. The SMILES string of the molecule is CC[C@@H]([NH3+])C(=O)c1ccc(Cl)cc1. The topological polar surface area (TPSA) is 44.7 Å². The molecule has 70 valence electrons. The first-order chi connectivity index (χ1) is 6.15. The molecular formula is C10H13ClNO+. The van der Waals surface area contributed by atoms with Gasteiger partial charge in [0, 0.05) is 17.0 Å². The van der Waals surface area contributed by atoms with E-state index in [4.69, 9.17) is 11.6 Å². The molecule has 1 atom stereocenters. The van der Waals surface area contributed by atoms with Gasteiger partial charge in [0.1, 0.15) is 6.04 Å². The zero-order valence-electron chi connectivity index (χ0n) is 7.59. The minimum Gasteiger partial charge on any atom is -0.349 e. The van der Waals surface area contributed by atoms with Gasteiger partial charge in [-0.2, -0.15) is 0 Å². The molecule has 2 nitrogen and oxygen atoms in total. The highest BCUT2D eigenvalue weighted by atomic mass is 35.5. The number of benzene rings is 1. The lowest BCUT2D eigenvalue weighted by Gasteiger charge is -2.03. The molecular weight excluding hydrogens is 186 g/mol. The Morgan fingerprint density at radius 2 is 2.00 bits per heavy atom. The maximum absolute atomic E-state index is 11.6. The van der Waals surface area contributed by atoms with Crippen molar-refractivity contribution < 1.29 is 10.5 Å². The van der Waals surface area contributed by atoms with E-state index in [1.165, 1.54) is 0 Å². The molecule has 0 fully saturated rings. The first kappa shape index (κ1) is 10.2. The van der Waals surface area contributed by atoms with Gasteiger partial charge in [-0.05, 0) is 24.3 Å². The fourth-order valence-corrected chi connectivity index (χ4v) is 1.16. The summed E-state index contributed by atoms with van der Waals surface area (Å²) < 4.78 is 0. The monoisotopic (exact) mass is 198 g/mol. The van der Waals surface area contributed by atoms with Gasteiger partial charge in [-0.25, -0.2) is 0 Å². The van der Waals surface area contributed by atoms with E-state index in [0.717, 1.165) is 6.42 Å². The zero-order chi connectivity index (χ0) is 9.84. The average molecular weight is 199 g/mol. The van der Waals surface area contributed by atoms with Crippen LogP contribution in [0.4, 0.5) is 0 Å². The second-order valence-corrected chi connectivity index (χ2v) is 3.41. The molecule has 1 aromatic carbocycles. The summed E-state index contributed by atoms with van der Waals surface area (Å²) in [4.78, 5) is 11.6. The van der Waals surface area contributed by atoms with Crippen LogP contribution in [-0.2, 0) is 0 Å². The Morgan fingerprint density at radius 1 is 1.46 bits per heavy atom. The lowest BCUT2D eigenvalue weighted by molar-refractivity contribution is -0.399. The van der Waals surface area contributed by atoms with E-state index in [1.807, 2.05) is 6.92 Å². The third-order valence-corrected chi connectivity index (χ3v) is 2.24. The zero-order valence-corrected chi connectivity index (χ0v) is 8.34. The number of quaternary nitrogens is 1. The standard InChI is InChI=1S/C10H12ClNO/c1-2-9(12)10(13)7-3-5-8(11)6-4-7/h3-6,9H,2,12H2,1H3/p+1/t9-/m1/s1. The van der Waals surface area contributed by atoms with Gasteiger partial charge in [-0.3, -0.25) is 4.79 Å². The second kappa shape index (κ2) is 4.40. The van der Waals surface area contributed by atoms with Gasteiger partial charge >= 0.3 is 0 Å². The third-order valence-electron chi connectivity index (χ3n) is 1.99. The number of carbonyl (C=O) groups is 1. The fraction of sp³-hybridized carbons (Fsp3) is 0.300. The summed E-state index contributed by atoms with van der Waals surface area (Å²) in [7, 11) is 0. The molecule has 3 N–H and O–H groups in total. The van der Waals surface area contributed by atoms with Crippen LogP contribution < -0.4 is 5.73 Å². The van der Waals surface area contributed by atoms with Gasteiger partial charge in [0.25, 0.3) is 0 Å². The van der Waals surface area contributed by atoms with Gasteiger partial charge in [-0.15, -0.1) is 0 Å². The number of rotatable bonds is 3. The molecule has 0 aliphatic rings. The van der Waals surface area contributed by atoms with Crippen molar-refractivity contribution in [2.24, 2.45) is 0 Å². The molecule has 0 bridgehead atoms. The van der Waals surface area contributed by atoms with Crippen LogP contribution in [0.2, 0.25) is 5.02 Å². The highest BCUT2D eigenvalue weighted by molar-refractivity contribution is 6.30. The summed E-state index contributed by atoms with van der Waals surface area (Å²) in [6, 6.07) is 6.76. The van der Waals surface area contributed by atoms with Crippen LogP contribution in [0.1, 0.15) is 23.7 Å². The number of ketones is 1. The molecule has 0 aliphatic heterocycles. The lowest BCUT2D eigenvalue weighted by Crippen LogP contribution is -2.64. The van der Waals surface area contributed by atoms with Crippen LogP contribution in [0, 0.1) is 0 Å². The Hall–Kier alpha value is -0.860. The molecule has 3 heteroatoms. The summed E-state index contributed by atoms with van der Waals surface area (Å²) in [5, 5.41) is 0.647. The lowest BCUT2D eigenvalue weighted by atomic mass is 10.0. The molecule has 0 aliphatic carbocycles. The van der Waals surface area contributed by atoms with E-state index in [1.54, 1.807) is 24.3 Å². The fourth-order valence-electron chi connectivity index (χ4n) is 1.04. The van der Waals surface area contributed by atoms with Crippen molar-refractivity contribution in [3.8, 4) is 0 Å². The van der Waals surface area contributed by atoms with Crippen LogP contribution >= 0.6 is 11.6 Å². The molecule has 0 aromatic heterocycles. The van der Waals surface area contributed by atoms with E-state index in [0.29, 0.717) is 10.6 Å². The quantitative estimate of drug-likeness (QED) is 0.736. The Kier molecular flexibility index (Phi) is 3.46. The van der Waals surface area contributed by atoms with Crippen molar-refractivity contribution in [1.29, 1.82) is 0 Å². The van der Waals surface area contributed by atoms with Crippen LogP contribution in [-0.4, -0.2) is 11.8 Å². The van der Waals surface area contributed by atoms with Crippen molar-refractivity contribution in [3.63, 3.8) is 0 Å².